The Balaban J connectivity index is 1.33. The fraction of sp³-hybridized carbons (Fsp3) is 0.296. The lowest BCUT2D eigenvalue weighted by molar-refractivity contribution is -0.120. The highest BCUT2D eigenvalue weighted by molar-refractivity contribution is 6.33. The third kappa shape index (κ3) is 5.52. The minimum atomic E-state index is -0.208. The van der Waals surface area contributed by atoms with Crippen LogP contribution in [-0.4, -0.2) is 33.5 Å². The molecule has 1 aliphatic rings. The molecule has 1 amide bonds. The first-order chi connectivity index (χ1) is 17.1. The van der Waals surface area contributed by atoms with Crippen LogP contribution in [0.25, 0.3) is 22.2 Å². The Hall–Kier alpha value is -3.29. The average Bonchev–Trinajstić information content (AvgIpc) is 3.28. The number of rotatable bonds is 7. The molecule has 4 aromatic rings. The predicted octanol–water partition coefficient (Wildman–Crippen LogP) is 5.46. The highest BCUT2D eigenvalue weighted by Crippen LogP contribution is 2.31. The molecule has 0 saturated carbocycles. The van der Waals surface area contributed by atoms with E-state index in [-0.39, 0.29) is 17.6 Å². The Kier molecular flexibility index (Phi) is 7.06. The number of piperidine rings is 1. The highest BCUT2D eigenvalue weighted by atomic mass is 35.5. The van der Waals surface area contributed by atoms with Gasteiger partial charge in [-0.15, -0.1) is 0 Å². The number of pyridine rings is 1. The molecule has 0 spiro atoms. The van der Waals surface area contributed by atoms with Crippen LogP contribution >= 0.6 is 11.6 Å². The SMILES string of the molecule is O=C(Nc1cc(-c2ccc3ncn(CCCc4cccc(F)c4)c3c2)c(Cl)cn1)C1CCCNC1. The summed E-state index contributed by atoms with van der Waals surface area (Å²) in [6.45, 7) is 2.40. The molecule has 3 heterocycles. The lowest BCUT2D eigenvalue weighted by Gasteiger charge is -2.21. The van der Waals surface area contributed by atoms with E-state index in [9.17, 15) is 9.18 Å². The predicted molar refractivity (Wildman–Crippen MR) is 137 cm³/mol. The minimum Gasteiger partial charge on any atom is -0.331 e. The molecule has 1 unspecified atom stereocenters. The van der Waals surface area contributed by atoms with Crippen LogP contribution < -0.4 is 10.6 Å². The number of halogens is 2. The summed E-state index contributed by atoms with van der Waals surface area (Å²) < 4.78 is 15.6. The molecule has 0 aliphatic carbocycles. The van der Waals surface area contributed by atoms with Gasteiger partial charge in [-0.3, -0.25) is 4.79 Å². The first kappa shape index (κ1) is 23.5. The maximum atomic E-state index is 13.5. The van der Waals surface area contributed by atoms with E-state index < -0.39 is 0 Å². The van der Waals surface area contributed by atoms with Gasteiger partial charge in [-0.2, -0.15) is 0 Å². The van der Waals surface area contributed by atoms with Crippen molar-refractivity contribution in [3.8, 4) is 11.1 Å². The number of benzene rings is 2. The number of nitrogens with zero attached hydrogens (tertiary/aromatic N) is 3. The third-order valence-electron chi connectivity index (χ3n) is 6.46. The molecule has 8 heteroatoms. The fourth-order valence-electron chi connectivity index (χ4n) is 4.58. The number of aromatic nitrogens is 3. The van der Waals surface area contributed by atoms with Crippen LogP contribution in [0.15, 0.2) is 61.1 Å². The second-order valence-corrected chi connectivity index (χ2v) is 9.36. The van der Waals surface area contributed by atoms with Gasteiger partial charge in [-0.1, -0.05) is 29.8 Å². The maximum absolute atomic E-state index is 13.5. The van der Waals surface area contributed by atoms with Crippen molar-refractivity contribution in [2.24, 2.45) is 5.92 Å². The van der Waals surface area contributed by atoms with E-state index in [1.807, 2.05) is 30.6 Å². The molecule has 5 rings (SSSR count). The second kappa shape index (κ2) is 10.5. The molecule has 1 aliphatic heterocycles. The van der Waals surface area contributed by atoms with Gasteiger partial charge in [-0.25, -0.2) is 14.4 Å². The summed E-state index contributed by atoms with van der Waals surface area (Å²) in [5, 5.41) is 6.73. The van der Waals surface area contributed by atoms with Crippen LogP contribution in [0.4, 0.5) is 10.2 Å². The van der Waals surface area contributed by atoms with Gasteiger partial charge in [0.2, 0.25) is 5.91 Å². The standard InChI is InChI=1S/C27H27ClFN5O/c28-23-16-31-26(33-27(35)20-6-2-10-30-15-20)14-22(23)19-8-9-24-25(13-19)34(17-32-24)11-3-5-18-4-1-7-21(29)12-18/h1,4,7-9,12-14,16-17,20,30H,2-3,5-6,10-11,15H2,(H,31,33,35). The van der Waals surface area contributed by atoms with Crippen molar-refractivity contribution in [1.29, 1.82) is 0 Å². The first-order valence-electron chi connectivity index (χ1n) is 11.9. The number of imidazole rings is 1. The Labute approximate surface area is 208 Å². The molecule has 35 heavy (non-hydrogen) atoms. The smallest absolute Gasteiger partial charge is 0.229 e. The number of anilines is 1. The van der Waals surface area contributed by atoms with Gasteiger partial charge in [0.05, 0.1) is 28.3 Å². The van der Waals surface area contributed by atoms with Crippen LogP contribution in [0.2, 0.25) is 5.02 Å². The zero-order valence-corrected chi connectivity index (χ0v) is 20.1. The monoisotopic (exact) mass is 491 g/mol. The Morgan fingerprint density at radius 2 is 2.11 bits per heavy atom. The van der Waals surface area contributed by atoms with E-state index in [0.29, 0.717) is 17.4 Å². The molecule has 1 fully saturated rings. The molecule has 2 aromatic heterocycles. The minimum absolute atomic E-state index is 0.0233. The molecule has 1 saturated heterocycles. The summed E-state index contributed by atoms with van der Waals surface area (Å²) in [7, 11) is 0. The number of nitrogens with one attached hydrogen (secondary N) is 2. The van der Waals surface area contributed by atoms with Crippen LogP contribution in [0.1, 0.15) is 24.8 Å². The van der Waals surface area contributed by atoms with E-state index in [0.717, 1.165) is 66.5 Å². The lowest BCUT2D eigenvalue weighted by Crippen LogP contribution is -2.37. The Morgan fingerprint density at radius 1 is 1.20 bits per heavy atom. The number of amides is 1. The quantitative estimate of drug-likeness (QED) is 0.360. The zero-order chi connectivity index (χ0) is 24.2. The molecule has 1 atom stereocenters. The van der Waals surface area contributed by atoms with Gasteiger partial charge in [-0.05, 0) is 73.7 Å². The topological polar surface area (TPSA) is 71.8 Å². The van der Waals surface area contributed by atoms with E-state index in [2.05, 4.69) is 31.2 Å². The lowest BCUT2D eigenvalue weighted by atomic mass is 9.99. The third-order valence-corrected chi connectivity index (χ3v) is 6.76. The number of fused-ring (bicyclic) bond motifs is 1. The molecular weight excluding hydrogens is 465 g/mol. The normalized spacial score (nSPS) is 15.9. The van der Waals surface area contributed by atoms with Gasteiger partial charge < -0.3 is 15.2 Å². The summed E-state index contributed by atoms with van der Waals surface area (Å²) in [6, 6.07) is 14.6. The van der Waals surface area contributed by atoms with E-state index in [1.165, 1.54) is 6.07 Å². The van der Waals surface area contributed by atoms with Crippen molar-refractivity contribution >= 4 is 34.4 Å². The van der Waals surface area contributed by atoms with Gasteiger partial charge in [0.15, 0.2) is 0 Å². The van der Waals surface area contributed by atoms with Crippen LogP contribution in [0.5, 0.6) is 0 Å². The molecule has 6 nitrogen and oxygen atoms in total. The number of hydrogen-bond acceptors (Lipinski definition) is 4. The molecule has 2 N–H and O–H groups in total. The van der Waals surface area contributed by atoms with Gasteiger partial charge in [0.25, 0.3) is 0 Å². The van der Waals surface area contributed by atoms with Gasteiger partial charge in [0.1, 0.15) is 11.6 Å². The summed E-state index contributed by atoms with van der Waals surface area (Å²) in [5.41, 5.74) is 4.59. The largest absolute Gasteiger partial charge is 0.331 e. The molecular formula is C27H27ClFN5O. The fourth-order valence-corrected chi connectivity index (χ4v) is 4.79. The van der Waals surface area contributed by atoms with Crippen molar-refractivity contribution in [2.45, 2.75) is 32.2 Å². The van der Waals surface area contributed by atoms with Crippen LogP contribution in [0.3, 0.4) is 0 Å². The van der Waals surface area contributed by atoms with E-state index >= 15 is 0 Å². The summed E-state index contributed by atoms with van der Waals surface area (Å²) in [5.74, 6) is 0.205. The molecule has 0 bridgehead atoms. The number of aryl methyl sites for hydroxylation is 2. The van der Waals surface area contributed by atoms with Crippen molar-refractivity contribution in [2.75, 3.05) is 18.4 Å². The summed E-state index contributed by atoms with van der Waals surface area (Å²) in [4.78, 5) is 21.5. The van der Waals surface area contributed by atoms with Crippen molar-refractivity contribution in [1.82, 2.24) is 19.9 Å². The summed E-state index contributed by atoms with van der Waals surface area (Å²) >= 11 is 6.51. The zero-order valence-electron chi connectivity index (χ0n) is 19.3. The van der Waals surface area contributed by atoms with E-state index in [1.54, 1.807) is 18.3 Å². The molecule has 180 valence electrons. The Bertz CT molecular complexity index is 1350. The van der Waals surface area contributed by atoms with Crippen molar-refractivity contribution < 1.29 is 9.18 Å². The number of hydrogen-bond donors (Lipinski definition) is 2. The maximum Gasteiger partial charge on any atom is 0.229 e. The van der Waals surface area contributed by atoms with Crippen LogP contribution in [0, 0.1) is 11.7 Å². The first-order valence-corrected chi connectivity index (χ1v) is 12.3. The summed E-state index contributed by atoms with van der Waals surface area (Å²) in [6.07, 6.45) is 6.92. The number of carbonyl (C=O) groups is 1. The van der Waals surface area contributed by atoms with Crippen molar-refractivity contribution in [3.63, 3.8) is 0 Å². The Morgan fingerprint density at radius 3 is 2.94 bits per heavy atom. The molecule has 2 aromatic carbocycles. The molecule has 0 radical (unpaired) electrons. The van der Waals surface area contributed by atoms with Gasteiger partial charge >= 0.3 is 0 Å². The van der Waals surface area contributed by atoms with E-state index in [4.69, 9.17) is 11.6 Å². The second-order valence-electron chi connectivity index (χ2n) is 8.96. The highest BCUT2D eigenvalue weighted by Gasteiger charge is 2.21. The van der Waals surface area contributed by atoms with Crippen LogP contribution in [-0.2, 0) is 17.8 Å². The number of carbonyl (C=O) groups excluding carboxylic acids is 1. The average molecular weight is 492 g/mol. The van der Waals surface area contributed by atoms with Crippen molar-refractivity contribution in [3.05, 3.63) is 77.5 Å². The van der Waals surface area contributed by atoms with Gasteiger partial charge in [0, 0.05) is 24.8 Å².